The summed E-state index contributed by atoms with van der Waals surface area (Å²) in [5, 5.41) is 0. The monoisotopic (exact) mass is 285 g/mol. The van der Waals surface area contributed by atoms with Gasteiger partial charge in [0.1, 0.15) is 11.5 Å². The lowest BCUT2D eigenvalue weighted by Crippen LogP contribution is -2.26. The van der Waals surface area contributed by atoms with Crippen LogP contribution in [0.3, 0.4) is 0 Å². The van der Waals surface area contributed by atoms with Crippen molar-refractivity contribution >= 4 is 5.78 Å². The fraction of sp³-hybridized carbons (Fsp3) is 0.389. The summed E-state index contributed by atoms with van der Waals surface area (Å²) in [5.41, 5.74) is 4.25. The third-order valence-corrected chi connectivity index (χ3v) is 3.78. The molecule has 112 valence electrons. The van der Waals surface area contributed by atoms with E-state index in [4.69, 9.17) is 4.42 Å². The van der Waals surface area contributed by atoms with E-state index in [-0.39, 0.29) is 5.78 Å². The smallest absolute Gasteiger partial charge is 0.177 e. The van der Waals surface area contributed by atoms with Gasteiger partial charge in [-0.2, -0.15) is 0 Å². The molecule has 21 heavy (non-hydrogen) atoms. The van der Waals surface area contributed by atoms with Crippen LogP contribution in [-0.4, -0.2) is 24.3 Å². The normalized spacial score (nSPS) is 11.1. The van der Waals surface area contributed by atoms with Gasteiger partial charge in [0, 0.05) is 5.56 Å². The zero-order valence-electron chi connectivity index (χ0n) is 13.5. The van der Waals surface area contributed by atoms with Gasteiger partial charge in [0.05, 0.1) is 13.1 Å². The van der Waals surface area contributed by atoms with E-state index in [1.54, 1.807) is 0 Å². The molecule has 0 aliphatic heterocycles. The summed E-state index contributed by atoms with van der Waals surface area (Å²) in [4.78, 5) is 14.4. The largest absolute Gasteiger partial charge is 0.465 e. The van der Waals surface area contributed by atoms with Crippen molar-refractivity contribution < 1.29 is 9.21 Å². The van der Waals surface area contributed by atoms with Crippen LogP contribution < -0.4 is 0 Å². The predicted molar refractivity (Wildman–Crippen MR) is 84.8 cm³/mol. The summed E-state index contributed by atoms with van der Waals surface area (Å²) >= 11 is 0. The number of furan rings is 1. The van der Waals surface area contributed by atoms with Gasteiger partial charge < -0.3 is 4.42 Å². The van der Waals surface area contributed by atoms with Crippen LogP contribution in [0.2, 0.25) is 0 Å². The van der Waals surface area contributed by atoms with Gasteiger partial charge in [-0.05, 0) is 69.6 Å². The molecule has 0 aliphatic carbocycles. The number of benzene rings is 1. The van der Waals surface area contributed by atoms with Crippen LogP contribution in [0.15, 0.2) is 28.7 Å². The summed E-state index contributed by atoms with van der Waals surface area (Å²) < 4.78 is 5.55. The summed E-state index contributed by atoms with van der Waals surface area (Å²) in [6.45, 7) is 9.07. The minimum atomic E-state index is 0.154. The predicted octanol–water partition coefficient (Wildman–Crippen LogP) is 3.83. The molecule has 0 aliphatic rings. The van der Waals surface area contributed by atoms with Crippen molar-refractivity contribution in [3.05, 3.63) is 58.0 Å². The first-order valence-electron chi connectivity index (χ1n) is 7.21. The first-order chi connectivity index (χ1) is 9.86. The average molecular weight is 285 g/mol. The molecule has 0 bridgehead atoms. The van der Waals surface area contributed by atoms with Gasteiger partial charge >= 0.3 is 0 Å². The van der Waals surface area contributed by atoms with Gasteiger partial charge in [-0.15, -0.1) is 0 Å². The van der Waals surface area contributed by atoms with Gasteiger partial charge in [0.25, 0.3) is 0 Å². The molecular formula is C18H23NO2. The minimum Gasteiger partial charge on any atom is -0.465 e. The van der Waals surface area contributed by atoms with Gasteiger partial charge in [-0.3, -0.25) is 9.69 Å². The number of carbonyl (C=O) groups excluding carboxylic acids is 1. The van der Waals surface area contributed by atoms with Gasteiger partial charge in [-0.1, -0.05) is 6.07 Å². The highest BCUT2D eigenvalue weighted by Gasteiger charge is 2.14. The van der Waals surface area contributed by atoms with Crippen molar-refractivity contribution in [2.75, 3.05) is 13.6 Å². The first kappa shape index (κ1) is 15.5. The van der Waals surface area contributed by atoms with E-state index in [2.05, 4.69) is 13.0 Å². The van der Waals surface area contributed by atoms with Gasteiger partial charge in [0.2, 0.25) is 0 Å². The molecule has 0 unspecified atom stereocenters. The Morgan fingerprint density at radius 3 is 2.33 bits per heavy atom. The highest BCUT2D eigenvalue weighted by atomic mass is 16.3. The van der Waals surface area contributed by atoms with Crippen molar-refractivity contribution in [2.45, 2.75) is 34.2 Å². The van der Waals surface area contributed by atoms with Crippen molar-refractivity contribution in [1.82, 2.24) is 4.90 Å². The Labute approximate surface area is 126 Å². The zero-order valence-corrected chi connectivity index (χ0v) is 13.5. The van der Waals surface area contributed by atoms with Crippen molar-refractivity contribution in [3.8, 4) is 0 Å². The second-order valence-corrected chi connectivity index (χ2v) is 5.86. The molecule has 0 atom stereocenters. The molecule has 0 spiro atoms. The first-order valence-corrected chi connectivity index (χ1v) is 7.21. The Balaban J connectivity index is 2.05. The Kier molecular flexibility index (Phi) is 4.63. The molecule has 2 aromatic rings. The molecule has 1 aromatic carbocycles. The second kappa shape index (κ2) is 6.27. The summed E-state index contributed by atoms with van der Waals surface area (Å²) in [5.74, 6) is 1.94. The summed E-state index contributed by atoms with van der Waals surface area (Å²) in [6, 6.07) is 7.98. The van der Waals surface area contributed by atoms with Crippen molar-refractivity contribution in [3.63, 3.8) is 0 Å². The standard InChI is InChI=1S/C18H23NO2/c1-12-8-14(3)17(9-13(12)2)18(20)11-19(5)10-16-7-6-15(4)21-16/h6-9H,10-11H2,1-5H3. The van der Waals surface area contributed by atoms with Crippen LogP contribution in [-0.2, 0) is 6.54 Å². The molecule has 0 amide bonds. The summed E-state index contributed by atoms with van der Waals surface area (Å²) in [7, 11) is 1.94. The maximum atomic E-state index is 12.5. The van der Waals surface area contributed by atoms with Crippen molar-refractivity contribution in [2.24, 2.45) is 0 Å². The van der Waals surface area contributed by atoms with E-state index in [1.165, 1.54) is 5.56 Å². The van der Waals surface area contributed by atoms with E-state index in [1.807, 2.05) is 50.9 Å². The Morgan fingerprint density at radius 2 is 1.71 bits per heavy atom. The minimum absolute atomic E-state index is 0.154. The lowest BCUT2D eigenvalue weighted by atomic mass is 9.98. The highest BCUT2D eigenvalue weighted by Crippen LogP contribution is 2.17. The van der Waals surface area contributed by atoms with E-state index < -0.39 is 0 Å². The van der Waals surface area contributed by atoms with E-state index >= 15 is 0 Å². The van der Waals surface area contributed by atoms with Crippen LogP contribution >= 0.6 is 0 Å². The zero-order chi connectivity index (χ0) is 15.6. The van der Waals surface area contributed by atoms with Crippen LogP contribution in [0, 0.1) is 27.7 Å². The topological polar surface area (TPSA) is 33.5 Å². The molecule has 0 saturated carbocycles. The van der Waals surface area contributed by atoms with E-state index in [0.29, 0.717) is 13.1 Å². The van der Waals surface area contributed by atoms with E-state index in [9.17, 15) is 4.79 Å². The highest BCUT2D eigenvalue weighted by molar-refractivity contribution is 5.99. The van der Waals surface area contributed by atoms with Crippen LogP contribution in [0.25, 0.3) is 0 Å². The maximum Gasteiger partial charge on any atom is 0.177 e. The number of likely N-dealkylation sites (N-methyl/N-ethyl adjacent to an activating group) is 1. The number of rotatable bonds is 5. The van der Waals surface area contributed by atoms with E-state index in [0.717, 1.165) is 28.2 Å². The van der Waals surface area contributed by atoms with Gasteiger partial charge in [0.15, 0.2) is 5.78 Å². The number of hydrogen-bond donors (Lipinski definition) is 0. The molecule has 1 heterocycles. The van der Waals surface area contributed by atoms with Crippen LogP contribution in [0.5, 0.6) is 0 Å². The lowest BCUT2D eigenvalue weighted by molar-refractivity contribution is 0.0939. The number of carbonyl (C=O) groups is 1. The molecule has 3 heteroatoms. The molecule has 0 saturated heterocycles. The molecule has 0 N–H and O–H groups in total. The molecule has 0 fully saturated rings. The van der Waals surface area contributed by atoms with Gasteiger partial charge in [-0.25, -0.2) is 0 Å². The Bertz CT molecular complexity index is 655. The molecule has 2 rings (SSSR count). The number of aryl methyl sites for hydroxylation is 4. The summed E-state index contributed by atoms with van der Waals surface area (Å²) in [6.07, 6.45) is 0. The molecule has 1 aromatic heterocycles. The lowest BCUT2D eigenvalue weighted by Gasteiger charge is -2.16. The molecular weight excluding hydrogens is 262 g/mol. The third kappa shape index (κ3) is 3.82. The number of nitrogens with zero attached hydrogens (tertiary/aromatic N) is 1. The fourth-order valence-corrected chi connectivity index (χ4v) is 2.48. The number of ketones is 1. The molecule has 0 radical (unpaired) electrons. The average Bonchev–Trinajstić information content (AvgIpc) is 2.78. The Hall–Kier alpha value is -1.87. The number of hydrogen-bond acceptors (Lipinski definition) is 3. The van der Waals surface area contributed by atoms with Crippen LogP contribution in [0.1, 0.15) is 38.6 Å². The third-order valence-electron chi connectivity index (χ3n) is 3.78. The SMILES string of the molecule is Cc1ccc(CN(C)CC(=O)c2cc(C)c(C)cc2C)o1. The molecule has 3 nitrogen and oxygen atoms in total. The second-order valence-electron chi connectivity index (χ2n) is 5.86. The van der Waals surface area contributed by atoms with Crippen molar-refractivity contribution in [1.29, 1.82) is 0 Å². The quantitative estimate of drug-likeness (QED) is 0.783. The number of Topliss-reactive ketones (excluding diaryl/α,β-unsaturated/α-hetero) is 1. The maximum absolute atomic E-state index is 12.5. The Morgan fingerprint density at radius 1 is 1.05 bits per heavy atom. The fourth-order valence-electron chi connectivity index (χ4n) is 2.48. The van der Waals surface area contributed by atoms with Crippen LogP contribution in [0.4, 0.5) is 0 Å².